The van der Waals surface area contributed by atoms with Crippen LogP contribution < -0.4 is 5.32 Å². The fourth-order valence-corrected chi connectivity index (χ4v) is 3.70. The molecule has 1 atom stereocenters. The van der Waals surface area contributed by atoms with E-state index in [1.165, 1.54) is 4.90 Å². The molecule has 8 nitrogen and oxygen atoms in total. The monoisotopic (exact) mass is 354 g/mol. The molecule has 0 saturated carbocycles. The first-order chi connectivity index (χ1) is 11.6. The van der Waals surface area contributed by atoms with Gasteiger partial charge in [0, 0.05) is 25.0 Å². The highest BCUT2D eigenvalue weighted by atomic mass is 19.1. The molecule has 0 bridgehead atoms. The Morgan fingerprint density at radius 3 is 2.60 bits per heavy atom. The summed E-state index contributed by atoms with van der Waals surface area (Å²) in [5.41, 5.74) is -0.802. The lowest BCUT2D eigenvalue weighted by Gasteiger charge is -2.41. The lowest BCUT2D eigenvalue weighted by atomic mass is 9.73. The maximum Gasteiger partial charge on any atom is 0.408 e. The number of nitrogens with one attached hydrogen (secondary N) is 1. The Hall–Kier alpha value is -2.32. The number of hydrogen-bond acceptors (Lipinski definition) is 4. The third kappa shape index (κ3) is 3.27. The van der Waals surface area contributed by atoms with Crippen LogP contribution in [0.15, 0.2) is 6.20 Å². The van der Waals surface area contributed by atoms with Gasteiger partial charge in [-0.15, -0.1) is 0 Å². The van der Waals surface area contributed by atoms with Crippen LogP contribution in [0.4, 0.5) is 14.0 Å². The number of ether oxygens (including phenoxy) is 1. The summed E-state index contributed by atoms with van der Waals surface area (Å²) in [6.07, 6.45) is 0.587. The minimum Gasteiger partial charge on any atom is -0.465 e. The summed E-state index contributed by atoms with van der Waals surface area (Å²) in [5.74, 6) is -0.474. The van der Waals surface area contributed by atoms with Crippen LogP contribution in [-0.4, -0.2) is 50.7 Å². The molecule has 138 valence electrons. The third-order valence-corrected chi connectivity index (χ3v) is 4.87. The fraction of sp³-hybridized carbons (Fsp3) is 0.688. The molecule has 1 spiro atoms. The van der Waals surface area contributed by atoms with Crippen LogP contribution in [0.2, 0.25) is 0 Å². The largest absolute Gasteiger partial charge is 0.465 e. The summed E-state index contributed by atoms with van der Waals surface area (Å²) in [5, 5.41) is 16.0. The van der Waals surface area contributed by atoms with Crippen molar-refractivity contribution in [2.24, 2.45) is 5.41 Å². The fourth-order valence-electron chi connectivity index (χ4n) is 3.70. The first-order valence-electron chi connectivity index (χ1n) is 8.30. The van der Waals surface area contributed by atoms with Gasteiger partial charge in [-0.05, 0) is 33.6 Å². The van der Waals surface area contributed by atoms with Gasteiger partial charge in [0.2, 0.25) is 0 Å². The quantitative estimate of drug-likeness (QED) is 0.807. The Morgan fingerprint density at radius 2 is 2.04 bits per heavy atom. The van der Waals surface area contributed by atoms with Crippen LogP contribution in [0.1, 0.15) is 45.3 Å². The number of carbonyl (C=O) groups is 2. The number of fused-ring (bicyclic) bond motifs is 1. The number of likely N-dealkylation sites (tertiary alicyclic amines) is 1. The summed E-state index contributed by atoms with van der Waals surface area (Å²) < 4.78 is 21.1. The molecule has 2 aliphatic heterocycles. The number of hydrogen-bond donors (Lipinski definition) is 2. The van der Waals surface area contributed by atoms with Crippen molar-refractivity contribution in [1.82, 2.24) is 20.0 Å². The number of amides is 2. The van der Waals surface area contributed by atoms with Crippen molar-refractivity contribution in [3.05, 3.63) is 17.7 Å². The second kappa shape index (κ2) is 5.89. The lowest BCUT2D eigenvalue weighted by molar-refractivity contribution is 0.0330. The van der Waals surface area contributed by atoms with Gasteiger partial charge in [0.15, 0.2) is 5.82 Å². The summed E-state index contributed by atoms with van der Waals surface area (Å²) in [7, 11) is 0. The van der Waals surface area contributed by atoms with E-state index in [-0.39, 0.29) is 0 Å². The van der Waals surface area contributed by atoms with Crippen LogP contribution in [0.3, 0.4) is 0 Å². The molecular formula is C16H23FN4O4. The molecule has 0 aliphatic carbocycles. The average molecular weight is 354 g/mol. The van der Waals surface area contributed by atoms with Gasteiger partial charge in [-0.1, -0.05) is 0 Å². The second-order valence-electron chi connectivity index (χ2n) is 7.75. The SMILES string of the molecule is CC(C)(C)OC(=O)N[C@@H]1c2c(F)cnn2CC12CCN(C(=O)O)CC2. The molecule has 2 amide bonds. The van der Waals surface area contributed by atoms with E-state index < -0.39 is 35.1 Å². The maximum atomic E-state index is 14.3. The summed E-state index contributed by atoms with van der Waals surface area (Å²) >= 11 is 0. The number of piperidine rings is 1. The molecular weight excluding hydrogens is 331 g/mol. The number of aromatic nitrogens is 2. The van der Waals surface area contributed by atoms with Crippen molar-refractivity contribution in [3.63, 3.8) is 0 Å². The van der Waals surface area contributed by atoms with Gasteiger partial charge in [0.25, 0.3) is 0 Å². The molecule has 3 heterocycles. The Kier molecular flexibility index (Phi) is 4.12. The minimum absolute atomic E-state index is 0.328. The minimum atomic E-state index is -0.964. The maximum absolute atomic E-state index is 14.3. The van der Waals surface area contributed by atoms with E-state index >= 15 is 0 Å². The van der Waals surface area contributed by atoms with E-state index in [9.17, 15) is 14.0 Å². The molecule has 0 radical (unpaired) electrons. The van der Waals surface area contributed by atoms with Gasteiger partial charge >= 0.3 is 12.2 Å². The average Bonchev–Trinajstić information content (AvgIpc) is 2.97. The van der Waals surface area contributed by atoms with Gasteiger partial charge in [0.1, 0.15) is 5.60 Å². The Balaban J connectivity index is 1.84. The van der Waals surface area contributed by atoms with Crippen LogP contribution in [0.5, 0.6) is 0 Å². The molecule has 0 unspecified atom stereocenters. The topological polar surface area (TPSA) is 96.7 Å². The summed E-state index contributed by atoms with van der Waals surface area (Å²) in [6.45, 7) is 6.40. The molecule has 2 aliphatic rings. The highest BCUT2D eigenvalue weighted by Crippen LogP contribution is 2.49. The highest BCUT2D eigenvalue weighted by molar-refractivity contribution is 5.69. The molecule has 25 heavy (non-hydrogen) atoms. The number of halogens is 1. The zero-order valence-corrected chi connectivity index (χ0v) is 14.6. The van der Waals surface area contributed by atoms with Crippen LogP contribution in [-0.2, 0) is 11.3 Å². The Morgan fingerprint density at radius 1 is 1.40 bits per heavy atom. The number of nitrogens with zero attached hydrogens (tertiary/aromatic N) is 3. The van der Waals surface area contributed by atoms with Gasteiger partial charge in [-0.25, -0.2) is 14.0 Å². The molecule has 3 rings (SSSR count). The van der Waals surface area contributed by atoms with E-state index in [4.69, 9.17) is 9.84 Å². The van der Waals surface area contributed by atoms with Crippen LogP contribution in [0, 0.1) is 11.2 Å². The third-order valence-electron chi connectivity index (χ3n) is 4.87. The Labute approximate surface area is 144 Å². The molecule has 1 fully saturated rings. The van der Waals surface area contributed by atoms with E-state index in [1.54, 1.807) is 25.5 Å². The van der Waals surface area contributed by atoms with Crippen LogP contribution >= 0.6 is 0 Å². The van der Waals surface area contributed by atoms with Gasteiger partial charge in [0.05, 0.1) is 17.9 Å². The first-order valence-corrected chi connectivity index (χ1v) is 8.30. The number of carboxylic acid groups (broad SMARTS) is 1. The van der Waals surface area contributed by atoms with Crippen molar-refractivity contribution in [1.29, 1.82) is 0 Å². The van der Waals surface area contributed by atoms with Crippen molar-refractivity contribution < 1.29 is 23.8 Å². The molecule has 2 N–H and O–H groups in total. The molecule has 1 saturated heterocycles. The summed E-state index contributed by atoms with van der Waals surface area (Å²) in [6, 6.07) is -0.596. The molecule has 0 aromatic carbocycles. The zero-order valence-electron chi connectivity index (χ0n) is 14.6. The van der Waals surface area contributed by atoms with Crippen molar-refractivity contribution in [2.75, 3.05) is 13.1 Å². The lowest BCUT2D eigenvalue weighted by Crippen LogP contribution is -2.49. The zero-order chi connectivity index (χ0) is 18.4. The normalized spacial score (nSPS) is 21.9. The van der Waals surface area contributed by atoms with Gasteiger partial charge in [-0.2, -0.15) is 5.10 Å². The smallest absolute Gasteiger partial charge is 0.408 e. The van der Waals surface area contributed by atoms with Crippen molar-refractivity contribution in [3.8, 4) is 0 Å². The van der Waals surface area contributed by atoms with Gasteiger partial charge < -0.3 is 20.1 Å². The van der Waals surface area contributed by atoms with E-state index in [0.29, 0.717) is 38.2 Å². The van der Waals surface area contributed by atoms with E-state index in [2.05, 4.69) is 10.4 Å². The number of carbonyl (C=O) groups excluding carboxylic acids is 1. The predicted octanol–water partition coefficient (Wildman–Crippen LogP) is 2.36. The number of rotatable bonds is 1. The summed E-state index contributed by atoms with van der Waals surface area (Å²) in [4.78, 5) is 24.8. The van der Waals surface area contributed by atoms with Crippen molar-refractivity contribution >= 4 is 12.2 Å². The predicted molar refractivity (Wildman–Crippen MR) is 85.6 cm³/mol. The van der Waals surface area contributed by atoms with Crippen LogP contribution in [0.25, 0.3) is 0 Å². The van der Waals surface area contributed by atoms with Crippen molar-refractivity contribution in [2.45, 2.75) is 51.8 Å². The second-order valence-corrected chi connectivity index (χ2v) is 7.75. The number of alkyl carbamates (subject to hydrolysis) is 1. The Bertz CT molecular complexity index is 689. The van der Waals surface area contributed by atoms with E-state index in [1.807, 2.05) is 0 Å². The van der Waals surface area contributed by atoms with Gasteiger partial charge in [-0.3, -0.25) is 4.68 Å². The standard InChI is InChI=1S/C16H23FN4O4/c1-15(2,3)25-13(22)19-12-11-10(17)8-18-21(11)9-16(12)4-6-20(7-5-16)14(23)24/h8,12H,4-7,9H2,1-3H3,(H,19,22)(H,23,24)/t12-/m1/s1. The molecule has 1 aromatic heterocycles. The van der Waals surface area contributed by atoms with E-state index in [0.717, 1.165) is 6.20 Å². The highest BCUT2D eigenvalue weighted by Gasteiger charge is 2.51. The first kappa shape index (κ1) is 17.5. The molecule has 1 aromatic rings. The molecule has 9 heteroatoms.